The van der Waals surface area contributed by atoms with Gasteiger partial charge in [-0.05, 0) is 19.4 Å². The van der Waals surface area contributed by atoms with Crippen molar-refractivity contribution in [3.63, 3.8) is 0 Å². The van der Waals surface area contributed by atoms with Crippen LogP contribution in [0.1, 0.15) is 34.0 Å². The van der Waals surface area contributed by atoms with E-state index in [1.54, 1.807) is 13.8 Å². The molecule has 2 heterocycles. The lowest BCUT2D eigenvalue weighted by Gasteiger charge is -2.21. The first kappa shape index (κ1) is 16.3. The van der Waals surface area contributed by atoms with Gasteiger partial charge in [0.2, 0.25) is 0 Å². The highest BCUT2D eigenvalue weighted by atomic mass is 16.6. The molecule has 0 fully saturated rings. The molecule has 0 unspecified atom stereocenters. The van der Waals surface area contributed by atoms with Crippen LogP contribution in [0.5, 0.6) is 5.75 Å². The Morgan fingerprint density at radius 3 is 1.88 bits per heavy atom. The van der Waals surface area contributed by atoms with Crippen LogP contribution in [0.2, 0.25) is 0 Å². The van der Waals surface area contributed by atoms with Gasteiger partial charge in [-0.25, -0.2) is 0 Å². The Labute approximate surface area is 139 Å². The third-order valence-electron chi connectivity index (χ3n) is 4.12. The maximum absolute atomic E-state index is 12.4. The number of nitro benzene ring substituents is 1. The molecule has 0 aliphatic heterocycles. The topological polar surface area (TPSA) is 163 Å². The number of nitro groups is 1. The van der Waals surface area contributed by atoms with Gasteiger partial charge in [-0.15, -0.1) is 5.75 Å². The number of hydrogen-bond donors (Lipinski definition) is 4. The predicted molar refractivity (Wildman–Crippen MR) is 85.8 cm³/mol. The first-order valence-electron chi connectivity index (χ1n) is 7.31. The molecule has 0 bridgehead atoms. The first-order valence-corrected chi connectivity index (χ1v) is 7.31. The van der Waals surface area contributed by atoms with Crippen molar-refractivity contribution < 1.29 is 10.0 Å². The van der Waals surface area contributed by atoms with Crippen molar-refractivity contribution in [2.45, 2.75) is 19.8 Å². The summed E-state index contributed by atoms with van der Waals surface area (Å²) >= 11 is 0. The lowest BCUT2D eigenvalue weighted by molar-refractivity contribution is -0.385. The summed E-state index contributed by atoms with van der Waals surface area (Å²) in [4.78, 5) is 35.0. The van der Waals surface area contributed by atoms with Crippen molar-refractivity contribution in [3.05, 3.63) is 77.1 Å². The summed E-state index contributed by atoms with van der Waals surface area (Å²) in [6, 6.07) is 3.25. The van der Waals surface area contributed by atoms with E-state index >= 15 is 0 Å². The number of aryl methyl sites for hydroxylation is 2. The minimum absolute atomic E-state index is 0.0180. The zero-order chi connectivity index (χ0) is 18.3. The maximum atomic E-state index is 12.4. The molecule has 0 aliphatic rings. The summed E-state index contributed by atoms with van der Waals surface area (Å²) in [7, 11) is 0. The molecule has 3 rings (SSSR count). The van der Waals surface area contributed by atoms with Gasteiger partial charge in [0.05, 0.1) is 16.1 Å². The van der Waals surface area contributed by atoms with E-state index < -0.39 is 27.7 Å². The highest BCUT2D eigenvalue weighted by molar-refractivity contribution is 5.53. The fraction of sp³-hybridized carbons (Fsp3) is 0.200. The summed E-state index contributed by atoms with van der Waals surface area (Å²) in [5.74, 6) is -1.55. The molecule has 0 spiro atoms. The van der Waals surface area contributed by atoms with Crippen LogP contribution >= 0.6 is 0 Å². The zero-order valence-corrected chi connectivity index (χ0v) is 13.3. The second kappa shape index (κ2) is 5.82. The van der Waals surface area contributed by atoms with Gasteiger partial charge in [-0.2, -0.15) is 0 Å². The lowest BCUT2D eigenvalue weighted by atomic mass is 9.84. The molecule has 130 valence electrons. The second-order valence-electron chi connectivity index (χ2n) is 5.65. The number of H-pyrrole nitrogens is 4. The van der Waals surface area contributed by atoms with Crippen molar-refractivity contribution in [1.82, 2.24) is 20.4 Å². The molecule has 10 nitrogen and oxygen atoms in total. The van der Waals surface area contributed by atoms with Crippen LogP contribution in [-0.4, -0.2) is 25.3 Å². The summed E-state index contributed by atoms with van der Waals surface area (Å²) in [5, 5.41) is 33.6. The predicted octanol–water partition coefficient (Wildman–Crippen LogP) is 0.498. The Bertz CT molecular complexity index is 1020. The minimum atomic E-state index is -1.04. The van der Waals surface area contributed by atoms with Gasteiger partial charge in [0, 0.05) is 29.4 Å². The van der Waals surface area contributed by atoms with E-state index in [1.807, 2.05) is 0 Å². The first-order chi connectivity index (χ1) is 11.8. The Morgan fingerprint density at radius 2 is 1.48 bits per heavy atom. The highest BCUT2D eigenvalue weighted by Gasteiger charge is 2.29. The number of aromatic nitrogens is 4. The fourth-order valence-electron chi connectivity index (χ4n) is 2.94. The van der Waals surface area contributed by atoms with Gasteiger partial charge in [0.15, 0.2) is 0 Å². The van der Waals surface area contributed by atoms with E-state index in [-0.39, 0.29) is 22.4 Å². The van der Waals surface area contributed by atoms with Crippen molar-refractivity contribution in [1.29, 1.82) is 0 Å². The molecule has 1 aromatic carbocycles. The quantitative estimate of drug-likeness (QED) is 0.399. The third kappa shape index (κ3) is 2.63. The van der Waals surface area contributed by atoms with Gasteiger partial charge in [-0.1, -0.05) is 6.07 Å². The Balaban J connectivity index is 2.38. The van der Waals surface area contributed by atoms with Crippen LogP contribution < -0.4 is 16.2 Å². The average molecular weight is 344 g/mol. The summed E-state index contributed by atoms with van der Waals surface area (Å²) in [6.07, 6.45) is 0. The van der Waals surface area contributed by atoms with Crippen molar-refractivity contribution in [2.24, 2.45) is 0 Å². The zero-order valence-electron chi connectivity index (χ0n) is 13.3. The van der Waals surface area contributed by atoms with Crippen LogP contribution in [0, 0.1) is 24.0 Å². The van der Waals surface area contributed by atoms with Crippen LogP contribution in [-0.2, 0) is 0 Å². The monoisotopic (exact) mass is 344 g/mol. The molecule has 10 heteroatoms. The molecule has 0 atom stereocenters. The number of hydrogen-bond acceptors (Lipinski definition) is 5. The summed E-state index contributed by atoms with van der Waals surface area (Å²) in [5.41, 5.74) is -0.148. The van der Waals surface area contributed by atoms with E-state index in [2.05, 4.69) is 20.4 Å². The van der Waals surface area contributed by atoms with Crippen LogP contribution in [0.3, 0.4) is 0 Å². The normalized spacial score (nSPS) is 11.2. The van der Waals surface area contributed by atoms with Gasteiger partial charge in [0.25, 0.3) is 16.8 Å². The van der Waals surface area contributed by atoms with Gasteiger partial charge in [0.1, 0.15) is 0 Å². The van der Waals surface area contributed by atoms with E-state index in [0.717, 1.165) is 18.2 Å². The molecule has 0 saturated heterocycles. The molecular formula is C15H14N5O5-. The summed E-state index contributed by atoms with van der Waals surface area (Å²) < 4.78 is 0. The number of aromatic amines is 4. The molecular weight excluding hydrogens is 330 g/mol. The molecule has 2 aromatic heterocycles. The molecule has 0 amide bonds. The molecule has 25 heavy (non-hydrogen) atoms. The van der Waals surface area contributed by atoms with Crippen LogP contribution in [0.15, 0.2) is 27.8 Å². The van der Waals surface area contributed by atoms with E-state index in [0.29, 0.717) is 11.4 Å². The molecule has 0 aliphatic carbocycles. The Hall–Kier alpha value is -3.56. The lowest BCUT2D eigenvalue weighted by Crippen LogP contribution is -2.21. The van der Waals surface area contributed by atoms with Crippen LogP contribution in [0.4, 0.5) is 5.69 Å². The number of nitrogens with zero attached hydrogens (tertiary/aromatic N) is 1. The average Bonchev–Trinajstić information content (AvgIpc) is 3.06. The third-order valence-corrected chi connectivity index (χ3v) is 4.12. The Morgan fingerprint density at radius 1 is 0.960 bits per heavy atom. The SMILES string of the molecule is Cc1[nH][nH]c(=O)c1C(c1cc([N+](=O)[O-])ccc1[O-])c1c(C)[nH][nH]c1=O. The van der Waals surface area contributed by atoms with Crippen molar-refractivity contribution in [3.8, 4) is 5.75 Å². The van der Waals surface area contributed by atoms with Gasteiger partial charge < -0.3 is 15.3 Å². The Kier molecular flexibility index (Phi) is 3.79. The van der Waals surface area contributed by atoms with Crippen molar-refractivity contribution >= 4 is 5.69 Å². The number of benzene rings is 1. The smallest absolute Gasteiger partial charge is 0.269 e. The van der Waals surface area contributed by atoms with Gasteiger partial charge >= 0.3 is 0 Å². The van der Waals surface area contributed by atoms with Crippen molar-refractivity contribution in [2.75, 3.05) is 0 Å². The number of non-ortho nitro benzene ring substituents is 1. The largest absolute Gasteiger partial charge is 0.872 e. The minimum Gasteiger partial charge on any atom is -0.872 e. The maximum Gasteiger partial charge on any atom is 0.269 e. The standard InChI is InChI=1S/C15H15N5O5/c1-6-11(14(22)18-16-6)13(12-7(2)17-19-15(12)23)9-5-8(20(24)25)3-4-10(9)21/h3-5,13,21H,1-2H3,(H2,16,18,22)(H2,17,19,23)/p-1. The van der Waals surface area contributed by atoms with E-state index in [4.69, 9.17) is 0 Å². The molecule has 4 N–H and O–H groups in total. The van der Waals surface area contributed by atoms with E-state index in [1.165, 1.54) is 0 Å². The number of rotatable bonds is 4. The number of nitrogens with one attached hydrogen (secondary N) is 4. The highest BCUT2D eigenvalue weighted by Crippen LogP contribution is 2.36. The molecule has 0 saturated carbocycles. The fourth-order valence-corrected chi connectivity index (χ4v) is 2.94. The molecule has 0 radical (unpaired) electrons. The van der Waals surface area contributed by atoms with Gasteiger partial charge in [-0.3, -0.25) is 29.9 Å². The van der Waals surface area contributed by atoms with Crippen LogP contribution in [0.25, 0.3) is 0 Å². The summed E-state index contributed by atoms with van der Waals surface area (Å²) in [6.45, 7) is 3.22. The molecule has 3 aromatic rings. The second-order valence-corrected chi connectivity index (χ2v) is 5.65. The van der Waals surface area contributed by atoms with E-state index in [9.17, 15) is 24.8 Å².